The van der Waals surface area contributed by atoms with E-state index in [1.54, 1.807) is 12.3 Å². The maximum Gasteiger partial charge on any atom is 0.267 e. The number of rotatable bonds is 13. The molecule has 0 radical (unpaired) electrons. The summed E-state index contributed by atoms with van der Waals surface area (Å²) in [4.78, 5) is 50.2. The zero-order chi connectivity index (χ0) is 50.1. The number of aromatic amines is 2. The van der Waals surface area contributed by atoms with Gasteiger partial charge >= 0.3 is 0 Å². The van der Waals surface area contributed by atoms with Gasteiger partial charge in [-0.05, 0) is 130 Å². The van der Waals surface area contributed by atoms with Crippen molar-refractivity contribution in [2.24, 2.45) is 10.6 Å². The predicted molar refractivity (Wildman–Crippen MR) is 276 cm³/mol. The zero-order valence-corrected chi connectivity index (χ0v) is 42.1. The van der Waals surface area contributed by atoms with Crippen LogP contribution in [0.4, 0.5) is 37.2 Å². The molecule has 1 aliphatic carbocycles. The Bertz CT molecular complexity index is 3150. The number of H-pyrrole nitrogens is 2. The monoisotopic (exact) mass is 1000 g/mol. The first-order valence-electron chi connectivity index (χ1n) is 25.5. The van der Waals surface area contributed by atoms with Crippen LogP contribution in [-0.2, 0) is 10.0 Å². The van der Waals surface area contributed by atoms with Gasteiger partial charge in [0, 0.05) is 62.4 Å². The van der Waals surface area contributed by atoms with Crippen LogP contribution in [0.1, 0.15) is 113 Å². The zero-order valence-electron chi connectivity index (χ0n) is 41.3. The molecule has 5 aliphatic rings. The Morgan fingerprint density at radius 1 is 0.944 bits per heavy atom. The van der Waals surface area contributed by atoms with Crippen molar-refractivity contribution >= 4 is 66.4 Å². The lowest BCUT2D eigenvalue weighted by molar-refractivity contribution is -0.0228. The number of fused-ring (bicyclic) bond motifs is 3. The van der Waals surface area contributed by atoms with Crippen LogP contribution >= 0.6 is 0 Å². The Labute approximate surface area is 418 Å². The fraction of sp³-hybridized carbons (Fsp3) is 0.491. The number of ether oxygens (including phenoxy) is 1. The number of halogens is 2. The van der Waals surface area contributed by atoms with Crippen molar-refractivity contribution in [1.82, 2.24) is 34.5 Å². The van der Waals surface area contributed by atoms with E-state index in [0.29, 0.717) is 67.1 Å². The Balaban J connectivity index is 0.860. The summed E-state index contributed by atoms with van der Waals surface area (Å²) in [6.07, 6.45) is 9.92. The standard InChI is InChI=1S/C53H63F2N11O5S/c1-32(2)36-8-5-6-9-37(36)41-10-7-17-65(41)35-28-52(29-35)12-18-64(19-13-52)43-27-42(66-22-23-71-51-44(66)24-34-11-16-56-49(34)60-51)38(25-39(43)54)50(67)62-72(69,70)45-26-40(61-68)46(48-47(45)58-31-59-48)57-30-53(55)14-20-63(21-15-53)33(3)4/h5-6,8-9,11,16,24-27,31-33,35,41,57H,7,10,12-15,17-23,28-30H2,1-4H3,(H,56,60)(H,58,59)(H,62,67)/t41-/m0/s1. The van der Waals surface area contributed by atoms with Crippen molar-refractivity contribution < 1.29 is 26.7 Å². The van der Waals surface area contributed by atoms with Crippen molar-refractivity contribution in [2.75, 3.05) is 67.5 Å². The number of amides is 1. The normalized spacial score (nSPS) is 20.6. The third-order valence-corrected chi connectivity index (χ3v) is 17.8. The number of imidazole rings is 1. The molecule has 3 aromatic heterocycles. The molecule has 16 nitrogen and oxygen atoms in total. The van der Waals surface area contributed by atoms with Crippen molar-refractivity contribution in [3.05, 3.63) is 94.5 Å². The first kappa shape index (κ1) is 48.1. The summed E-state index contributed by atoms with van der Waals surface area (Å²) in [6.45, 7) is 12.4. The van der Waals surface area contributed by atoms with E-state index in [1.165, 1.54) is 30.3 Å². The molecule has 0 unspecified atom stereocenters. The topological polar surface area (TPSA) is 184 Å². The number of piperidine rings is 2. The summed E-state index contributed by atoms with van der Waals surface area (Å²) in [5.74, 6) is -1.01. The van der Waals surface area contributed by atoms with E-state index < -0.39 is 32.3 Å². The van der Waals surface area contributed by atoms with Crippen LogP contribution in [0.5, 0.6) is 5.88 Å². The van der Waals surface area contributed by atoms with Crippen molar-refractivity contribution in [3.63, 3.8) is 0 Å². The number of anilines is 4. The van der Waals surface area contributed by atoms with Crippen LogP contribution in [0, 0.1) is 16.1 Å². The molecule has 7 heterocycles. The average Bonchev–Trinajstić information content (AvgIpc) is 4.16. The highest BCUT2D eigenvalue weighted by molar-refractivity contribution is 7.90. The van der Waals surface area contributed by atoms with E-state index in [1.807, 2.05) is 21.9 Å². The van der Waals surface area contributed by atoms with E-state index in [-0.39, 0.29) is 77.7 Å². The number of nitrogens with one attached hydrogen (secondary N) is 4. The fourth-order valence-corrected chi connectivity index (χ4v) is 13.5. The van der Waals surface area contributed by atoms with Gasteiger partial charge in [0.2, 0.25) is 5.88 Å². The molecular formula is C53H63F2N11O5S. The van der Waals surface area contributed by atoms with Crippen LogP contribution in [0.25, 0.3) is 22.1 Å². The molecule has 72 heavy (non-hydrogen) atoms. The summed E-state index contributed by atoms with van der Waals surface area (Å²) >= 11 is 0. The maximum absolute atomic E-state index is 16.9. The van der Waals surface area contributed by atoms with Crippen LogP contribution in [0.3, 0.4) is 0 Å². The number of sulfonamides is 1. The minimum Gasteiger partial charge on any atom is -0.474 e. The lowest BCUT2D eigenvalue weighted by atomic mass is 9.59. The molecule has 1 amide bonds. The van der Waals surface area contributed by atoms with Gasteiger partial charge in [-0.2, -0.15) is 4.98 Å². The quantitative estimate of drug-likeness (QED) is 0.0805. The number of carbonyl (C=O) groups is 1. The molecule has 11 rings (SSSR count). The second kappa shape index (κ2) is 18.7. The van der Waals surface area contributed by atoms with Gasteiger partial charge in [0.15, 0.2) is 0 Å². The van der Waals surface area contributed by atoms with Crippen molar-refractivity contribution in [2.45, 2.75) is 114 Å². The van der Waals surface area contributed by atoms with Gasteiger partial charge < -0.3 is 34.7 Å². The molecule has 3 saturated heterocycles. The molecule has 1 atom stereocenters. The average molecular weight is 1000 g/mol. The highest BCUT2D eigenvalue weighted by atomic mass is 32.2. The number of pyridine rings is 1. The molecule has 1 spiro atoms. The van der Waals surface area contributed by atoms with E-state index in [4.69, 9.17) is 4.74 Å². The Kier molecular flexibility index (Phi) is 12.5. The molecule has 6 aromatic rings. The van der Waals surface area contributed by atoms with E-state index in [9.17, 15) is 18.1 Å². The smallest absolute Gasteiger partial charge is 0.267 e. The number of hydrogen-bond acceptors (Lipinski definition) is 13. The summed E-state index contributed by atoms with van der Waals surface area (Å²) < 4.78 is 69.9. The number of likely N-dealkylation sites (tertiary alicyclic amines) is 2. The summed E-state index contributed by atoms with van der Waals surface area (Å²) in [5.41, 5.74) is 2.72. The molecule has 1 saturated carbocycles. The molecule has 4 fully saturated rings. The number of hydrogen-bond donors (Lipinski definition) is 4. The van der Waals surface area contributed by atoms with Gasteiger partial charge in [-0.15, -0.1) is 4.91 Å². The highest BCUT2D eigenvalue weighted by Gasteiger charge is 2.50. The number of nitroso groups, excluding NO2 is 1. The number of nitrogens with zero attached hydrogens (tertiary/aromatic N) is 7. The number of benzene rings is 3. The van der Waals surface area contributed by atoms with E-state index in [0.717, 1.165) is 49.7 Å². The van der Waals surface area contributed by atoms with Gasteiger partial charge in [0.1, 0.15) is 45.5 Å². The largest absolute Gasteiger partial charge is 0.474 e. The molecule has 19 heteroatoms. The lowest BCUT2D eigenvalue weighted by Crippen LogP contribution is -2.55. The minimum atomic E-state index is -4.82. The third-order valence-electron chi connectivity index (χ3n) is 16.4. The van der Waals surface area contributed by atoms with Crippen LogP contribution in [-0.4, -0.2) is 114 Å². The summed E-state index contributed by atoms with van der Waals surface area (Å²) in [6, 6.07) is 17.6. The van der Waals surface area contributed by atoms with Crippen LogP contribution in [0.15, 0.2) is 77.2 Å². The third kappa shape index (κ3) is 8.73. The summed E-state index contributed by atoms with van der Waals surface area (Å²) in [5, 5.41) is 6.92. The van der Waals surface area contributed by atoms with Gasteiger partial charge in [0.05, 0.1) is 41.0 Å². The highest BCUT2D eigenvalue weighted by Crippen LogP contribution is 2.55. The number of alkyl halides is 1. The number of aromatic nitrogens is 4. The SMILES string of the molecule is CC(C)c1ccccc1[C@@H]1CCCN1C1CC2(CCN(c3cc(N4CCOc5nc6[nH]ccc6cc54)c(C(=O)NS(=O)(=O)c4cc(N=O)c(NCC5(F)CCN(C(C)C)CC5)c5[nH]cnc45)cc3F)CC2)C1. The first-order chi connectivity index (χ1) is 34.6. The lowest BCUT2D eigenvalue weighted by Gasteiger charge is -2.56. The molecule has 380 valence electrons. The van der Waals surface area contributed by atoms with Gasteiger partial charge in [-0.1, -0.05) is 38.1 Å². The van der Waals surface area contributed by atoms with E-state index in [2.05, 4.69) is 96.9 Å². The Morgan fingerprint density at radius 2 is 1.72 bits per heavy atom. The molecule has 4 aliphatic heterocycles. The van der Waals surface area contributed by atoms with Crippen molar-refractivity contribution in [3.8, 4) is 5.88 Å². The predicted octanol–water partition coefficient (Wildman–Crippen LogP) is 9.96. The molecule has 0 bridgehead atoms. The molecular weight excluding hydrogens is 941 g/mol. The first-order valence-corrected chi connectivity index (χ1v) is 27.0. The Morgan fingerprint density at radius 3 is 2.47 bits per heavy atom. The molecule has 3 aromatic carbocycles. The summed E-state index contributed by atoms with van der Waals surface area (Å²) in [7, 11) is -4.82. The number of carbonyl (C=O) groups excluding carboxylic acids is 1. The van der Waals surface area contributed by atoms with Crippen LogP contribution in [0.2, 0.25) is 0 Å². The second-order valence-corrected chi connectivity index (χ2v) is 23.0. The van der Waals surface area contributed by atoms with E-state index >= 15 is 8.78 Å². The van der Waals surface area contributed by atoms with Gasteiger partial charge in [0.25, 0.3) is 15.9 Å². The van der Waals surface area contributed by atoms with Gasteiger partial charge in [-0.3, -0.25) is 9.69 Å². The Hall–Kier alpha value is -6.18. The van der Waals surface area contributed by atoms with Gasteiger partial charge in [-0.25, -0.2) is 26.9 Å². The van der Waals surface area contributed by atoms with Crippen LogP contribution < -0.4 is 24.6 Å². The second-order valence-electron chi connectivity index (χ2n) is 21.3. The minimum absolute atomic E-state index is 0.0893. The maximum atomic E-state index is 16.9. The fourth-order valence-electron chi connectivity index (χ4n) is 12.4. The van der Waals surface area contributed by atoms with Crippen molar-refractivity contribution in [1.29, 1.82) is 0 Å². The molecule has 4 N–H and O–H groups in total.